The maximum atomic E-state index is 12.8. The van der Waals surface area contributed by atoms with Gasteiger partial charge in [-0.15, -0.1) is 15.3 Å². The normalized spacial score (nSPS) is 11.3. The molecule has 32 heavy (non-hydrogen) atoms. The van der Waals surface area contributed by atoms with Crippen molar-refractivity contribution in [2.75, 3.05) is 5.73 Å². The molecule has 0 spiro atoms. The van der Waals surface area contributed by atoms with Gasteiger partial charge in [-0.05, 0) is 16.4 Å². The number of thioether (sulfide) groups is 1. The number of amides is 1. The number of carbonyl (C=O) groups excluding carboxylic acids is 1. The Morgan fingerprint density at radius 3 is 2.91 bits per heavy atom. The molecular formula is C16H13Cl2N11O2S. The first kappa shape index (κ1) is 21.7. The number of hydrogen-bond acceptors (Lipinski definition) is 11. The van der Waals surface area contributed by atoms with Crippen LogP contribution in [0.15, 0.2) is 39.4 Å². The monoisotopic (exact) mass is 493 g/mol. The van der Waals surface area contributed by atoms with E-state index in [9.17, 15) is 4.79 Å². The van der Waals surface area contributed by atoms with E-state index in [0.717, 1.165) is 0 Å². The molecule has 0 atom stereocenters. The van der Waals surface area contributed by atoms with E-state index >= 15 is 0 Å². The Balaban J connectivity index is 1.59. The number of nitrogens with two attached hydrogens (primary N) is 1. The predicted octanol–water partition coefficient (Wildman–Crippen LogP) is 1.72. The number of hydrogen-bond donors (Lipinski definition) is 2. The van der Waals surface area contributed by atoms with Crippen molar-refractivity contribution in [2.24, 2.45) is 12.1 Å². The van der Waals surface area contributed by atoms with Gasteiger partial charge >= 0.3 is 0 Å². The van der Waals surface area contributed by atoms with Gasteiger partial charge in [-0.3, -0.25) is 4.79 Å². The Bertz CT molecular complexity index is 1300. The number of nitrogen functional groups attached to an aromatic ring is 1. The third-order valence-electron chi connectivity index (χ3n) is 4.03. The Morgan fingerprint density at radius 2 is 2.19 bits per heavy atom. The molecule has 1 aromatic carbocycles. The van der Waals surface area contributed by atoms with Gasteiger partial charge in [0, 0.05) is 18.4 Å². The van der Waals surface area contributed by atoms with Gasteiger partial charge in [0.05, 0.1) is 22.0 Å². The van der Waals surface area contributed by atoms with Crippen molar-refractivity contribution in [3.8, 4) is 5.82 Å². The van der Waals surface area contributed by atoms with Gasteiger partial charge in [0.1, 0.15) is 6.33 Å². The second-order valence-corrected chi connectivity index (χ2v) is 7.85. The molecule has 3 N–H and O–H groups in total. The van der Waals surface area contributed by atoms with E-state index < -0.39 is 5.91 Å². The third kappa shape index (κ3) is 4.42. The molecule has 0 saturated heterocycles. The van der Waals surface area contributed by atoms with Crippen LogP contribution in [0.2, 0.25) is 10.0 Å². The lowest BCUT2D eigenvalue weighted by Gasteiger charge is -2.05. The van der Waals surface area contributed by atoms with Crippen LogP contribution in [-0.2, 0) is 12.8 Å². The third-order valence-corrected chi connectivity index (χ3v) is 5.91. The van der Waals surface area contributed by atoms with E-state index in [1.54, 1.807) is 36.1 Å². The summed E-state index contributed by atoms with van der Waals surface area (Å²) in [5.41, 5.74) is 9.06. The molecule has 16 heteroatoms. The zero-order chi connectivity index (χ0) is 22.7. The van der Waals surface area contributed by atoms with Gasteiger partial charge in [-0.2, -0.15) is 9.78 Å². The summed E-state index contributed by atoms with van der Waals surface area (Å²) in [6.45, 7) is 0. The second kappa shape index (κ2) is 9.33. The fourth-order valence-electron chi connectivity index (χ4n) is 2.49. The summed E-state index contributed by atoms with van der Waals surface area (Å²) in [4.78, 5) is 12.8. The summed E-state index contributed by atoms with van der Waals surface area (Å²) in [5, 5.41) is 28.2. The van der Waals surface area contributed by atoms with E-state index in [-0.39, 0.29) is 23.1 Å². The molecule has 4 rings (SSSR count). The lowest BCUT2D eigenvalue weighted by molar-refractivity contribution is 0.0949. The zero-order valence-electron chi connectivity index (χ0n) is 16.2. The topological polar surface area (TPSA) is 168 Å². The molecule has 0 aliphatic heterocycles. The van der Waals surface area contributed by atoms with Crippen molar-refractivity contribution in [2.45, 2.75) is 10.9 Å². The average molecular weight is 494 g/mol. The van der Waals surface area contributed by atoms with Crippen molar-refractivity contribution in [3.63, 3.8) is 0 Å². The Morgan fingerprint density at radius 1 is 1.34 bits per heavy atom. The average Bonchev–Trinajstić information content (AvgIpc) is 3.49. The van der Waals surface area contributed by atoms with Crippen LogP contribution >= 0.6 is 35.0 Å². The van der Waals surface area contributed by atoms with Crippen molar-refractivity contribution >= 4 is 52.9 Å². The molecule has 0 bridgehead atoms. The van der Waals surface area contributed by atoms with Gasteiger partial charge in [0.15, 0.2) is 10.9 Å². The van der Waals surface area contributed by atoms with Gasteiger partial charge in [0.2, 0.25) is 11.6 Å². The highest BCUT2D eigenvalue weighted by Crippen LogP contribution is 2.25. The van der Waals surface area contributed by atoms with Crippen molar-refractivity contribution in [3.05, 3.63) is 51.5 Å². The zero-order valence-corrected chi connectivity index (χ0v) is 18.5. The van der Waals surface area contributed by atoms with Crippen LogP contribution in [-0.4, -0.2) is 52.2 Å². The number of nitrogens with zero attached hydrogens (tertiary/aromatic N) is 9. The lowest BCUT2D eigenvalue weighted by Crippen LogP contribution is -2.20. The smallest absolute Gasteiger partial charge is 0.293 e. The molecule has 0 aliphatic rings. The largest absolute Gasteiger partial charge is 0.378 e. The van der Waals surface area contributed by atoms with Crippen LogP contribution in [0.5, 0.6) is 0 Å². The molecular weight excluding hydrogens is 481 g/mol. The summed E-state index contributed by atoms with van der Waals surface area (Å²) >= 11 is 13.4. The minimum Gasteiger partial charge on any atom is -0.378 e. The highest BCUT2D eigenvalue weighted by atomic mass is 35.5. The maximum Gasteiger partial charge on any atom is 0.293 e. The number of halogens is 2. The van der Waals surface area contributed by atoms with Crippen molar-refractivity contribution < 1.29 is 9.42 Å². The van der Waals surface area contributed by atoms with E-state index in [4.69, 9.17) is 28.9 Å². The predicted molar refractivity (Wildman–Crippen MR) is 116 cm³/mol. The summed E-state index contributed by atoms with van der Waals surface area (Å²) in [7, 11) is 1.79. The second-order valence-electron chi connectivity index (χ2n) is 6.12. The van der Waals surface area contributed by atoms with Crippen LogP contribution in [0.25, 0.3) is 5.82 Å². The molecule has 164 valence electrons. The van der Waals surface area contributed by atoms with Gasteiger partial charge < -0.3 is 10.3 Å². The standard InChI is InChI=1S/C16H13Cl2N11O2S/c1-28-7-21-24-16(28)32-6-10-12(22-27-29(10)14-13(19)25-31-26-14)15(30)23-20-5-8-3-2-4-9(17)11(8)18/h2-5,7H,6H2,1H3,(H2,19,25)(H,23,30)/b20-5-. The van der Waals surface area contributed by atoms with E-state index in [1.165, 1.54) is 22.7 Å². The molecule has 0 aliphatic carbocycles. The van der Waals surface area contributed by atoms with Crippen LogP contribution in [0, 0.1) is 0 Å². The highest BCUT2D eigenvalue weighted by Gasteiger charge is 2.24. The molecule has 1 amide bonds. The molecule has 3 heterocycles. The first-order valence-corrected chi connectivity index (χ1v) is 10.5. The quantitative estimate of drug-likeness (QED) is 0.219. The fraction of sp³-hybridized carbons (Fsp3) is 0.125. The van der Waals surface area contributed by atoms with Crippen LogP contribution < -0.4 is 11.2 Å². The number of hydrazone groups is 1. The molecule has 0 unspecified atom stereocenters. The number of benzene rings is 1. The molecule has 0 saturated carbocycles. The Kier molecular flexibility index (Phi) is 6.34. The number of rotatable bonds is 7. The molecule has 3 aromatic heterocycles. The fourth-order valence-corrected chi connectivity index (χ4v) is 3.72. The van der Waals surface area contributed by atoms with Crippen molar-refractivity contribution in [1.29, 1.82) is 0 Å². The summed E-state index contributed by atoms with van der Waals surface area (Å²) in [6, 6.07) is 5.05. The van der Waals surface area contributed by atoms with E-state index in [2.05, 4.69) is 46.0 Å². The highest BCUT2D eigenvalue weighted by molar-refractivity contribution is 7.98. The summed E-state index contributed by atoms with van der Waals surface area (Å²) in [6.07, 6.45) is 2.92. The summed E-state index contributed by atoms with van der Waals surface area (Å²) in [5.74, 6) is -0.299. The van der Waals surface area contributed by atoms with Crippen LogP contribution in [0.4, 0.5) is 5.82 Å². The van der Waals surface area contributed by atoms with Gasteiger partial charge in [-0.1, -0.05) is 52.3 Å². The maximum absolute atomic E-state index is 12.8. The number of nitrogens with one attached hydrogen (secondary N) is 1. The molecule has 0 fully saturated rings. The Hall–Kier alpha value is -3.49. The number of aromatic nitrogens is 8. The van der Waals surface area contributed by atoms with Crippen molar-refractivity contribution in [1.82, 2.24) is 45.5 Å². The first-order chi connectivity index (χ1) is 15.5. The Labute approximate surface area is 193 Å². The molecule has 0 radical (unpaired) electrons. The molecule has 13 nitrogen and oxygen atoms in total. The SMILES string of the molecule is Cn1cnnc1SCc1c(C(=O)N/N=C\c2cccc(Cl)c2Cl)nnn1-c1nonc1N. The molecule has 4 aromatic rings. The van der Waals surface area contributed by atoms with Crippen LogP contribution in [0.3, 0.4) is 0 Å². The minimum absolute atomic E-state index is 0.00332. The minimum atomic E-state index is -0.616. The summed E-state index contributed by atoms with van der Waals surface area (Å²) < 4.78 is 7.63. The number of aryl methyl sites for hydroxylation is 1. The lowest BCUT2D eigenvalue weighted by atomic mass is 10.2. The van der Waals surface area contributed by atoms with Gasteiger partial charge in [-0.25, -0.2) is 10.1 Å². The van der Waals surface area contributed by atoms with E-state index in [1.807, 2.05) is 0 Å². The first-order valence-electron chi connectivity index (χ1n) is 8.73. The number of anilines is 1. The number of carbonyl (C=O) groups is 1. The van der Waals surface area contributed by atoms with E-state index in [0.29, 0.717) is 26.5 Å². The van der Waals surface area contributed by atoms with Crippen LogP contribution in [0.1, 0.15) is 21.7 Å². The van der Waals surface area contributed by atoms with Gasteiger partial charge in [0.25, 0.3) is 5.91 Å².